The lowest BCUT2D eigenvalue weighted by Gasteiger charge is -2.43. The molecule has 0 saturated carbocycles. The fraction of sp³-hybridized carbons (Fsp3) is 0. The molecule has 0 radical (unpaired) electrons. The van der Waals surface area contributed by atoms with Crippen LogP contribution in [0.1, 0.15) is 0 Å². The maximum absolute atomic E-state index is 2.59. The first-order valence-electron chi connectivity index (χ1n) is 16.0. The van der Waals surface area contributed by atoms with Gasteiger partial charge in [0.15, 0.2) is 0 Å². The number of nitrogens with zero attached hydrogens (tertiary/aromatic N) is 1. The summed E-state index contributed by atoms with van der Waals surface area (Å²) in [6.07, 6.45) is 0. The highest BCUT2D eigenvalue weighted by Gasteiger charge is 2.42. The van der Waals surface area contributed by atoms with Gasteiger partial charge in [0.1, 0.15) is 0 Å². The molecule has 0 fully saturated rings. The molecule has 0 amide bonds. The summed E-state index contributed by atoms with van der Waals surface area (Å²) in [5.41, 5.74) is 15.4. The van der Waals surface area contributed by atoms with Crippen molar-refractivity contribution in [3.63, 3.8) is 0 Å². The van der Waals surface area contributed by atoms with Crippen molar-refractivity contribution >= 4 is 50.7 Å². The predicted octanol–water partition coefficient (Wildman–Crippen LogP) is 10.2. The minimum Gasteiger partial charge on any atom is -0.376 e. The van der Waals surface area contributed by atoms with Crippen molar-refractivity contribution in [2.75, 3.05) is 4.81 Å². The average Bonchev–Trinajstić information content (AvgIpc) is 3.13. The molecule has 2 aliphatic rings. The van der Waals surface area contributed by atoms with Crippen LogP contribution in [0.3, 0.4) is 0 Å². The van der Waals surface area contributed by atoms with Crippen molar-refractivity contribution in [1.29, 1.82) is 0 Å². The minimum absolute atomic E-state index is 0.0376. The summed E-state index contributed by atoms with van der Waals surface area (Å²) in [7, 11) is 0. The van der Waals surface area contributed by atoms with Crippen LogP contribution in [-0.2, 0) is 0 Å². The highest BCUT2D eigenvalue weighted by Crippen LogP contribution is 2.46. The SMILES string of the molecule is c1ccc2c(c1)-c1ccc(-c3ccc4ccccc4c3)cc1B1c3cc(-c4ccc5ccccc5c4)ccc3-c3ccccc3N12. The van der Waals surface area contributed by atoms with Gasteiger partial charge >= 0.3 is 6.85 Å². The molecule has 0 aliphatic carbocycles. The maximum Gasteiger partial charge on any atom is 0.329 e. The van der Waals surface area contributed by atoms with E-state index in [4.69, 9.17) is 0 Å². The Morgan fingerprint density at radius 1 is 0.304 bits per heavy atom. The Morgan fingerprint density at radius 3 is 1.20 bits per heavy atom. The highest BCUT2D eigenvalue weighted by atomic mass is 15.1. The van der Waals surface area contributed by atoms with Gasteiger partial charge in [0, 0.05) is 22.5 Å². The Kier molecular flexibility index (Phi) is 5.44. The summed E-state index contributed by atoms with van der Waals surface area (Å²) in [6.45, 7) is 0.0376. The molecule has 0 spiro atoms. The molecule has 0 N–H and O–H groups in total. The Hall–Kier alpha value is -5.86. The van der Waals surface area contributed by atoms with Crippen molar-refractivity contribution in [2.24, 2.45) is 0 Å². The van der Waals surface area contributed by atoms with E-state index >= 15 is 0 Å². The van der Waals surface area contributed by atoms with Crippen LogP contribution in [0.15, 0.2) is 170 Å². The quantitative estimate of drug-likeness (QED) is 0.184. The van der Waals surface area contributed by atoms with E-state index in [-0.39, 0.29) is 6.85 Å². The molecule has 46 heavy (non-hydrogen) atoms. The van der Waals surface area contributed by atoms with Gasteiger partial charge in [-0.1, -0.05) is 146 Å². The van der Waals surface area contributed by atoms with Crippen molar-refractivity contribution in [3.8, 4) is 44.5 Å². The average molecular weight is 582 g/mol. The molecule has 10 rings (SSSR count). The first-order valence-corrected chi connectivity index (χ1v) is 16.0. The number of anilines is 2. The highest BCUT2D eigenvalue weighted by molar-refractivity contribution is 6.92. The van der Waals surface area contributed by atoms with Crippen molar-refractivity contribution in [3.05, 3.63) is 170 Å². The van der Waals surface area contributed by atoms with Gasteiger partial charge in [-0.3, -0.25) is 0 Å². The number of para-hydroxylation sites is 2. The molecule has 8 aromatic rings. The maximum atomic E-state index is 2.59. The third-order valence-electron chi connectivity index (χ3n) is 10.0. The Labute approximate surface area is 269 Å². The molecule has 2 heteroatoms. The lowest BCUT2D eigenvalue weighted by atomic mass is 9.43. The number of hydrogen-bond donors (Lipinski definition) is 0. The summed E-state index contributed by atoms with van der Waals surface area (Å²) in [5, 5.41) is 5.06. The number of hydrogen-bond acceptors (Lipinski definition) is 1. The molecule has 0 aromatic heterocycles. The Bertz CT molecular complexity index is 2340. The normalized spacial score (nSPS) is 12.7. The van der Waals surface area contributed by atoms with Crippen LogP contribution < -0.4 is 15.7 Å². The molecular formula is C44H28BN. The molecule has 8 aromatic carbocycles. The van der Waals surface area contributed by atoms with Crippen molar-refractivity contribution in [1.82, 2.24) is 0 Å². The molecule has 2 heterocycles. The van der Waals surface area contributed by atoms with E-state index in [0.717, 1.165) is 0 Å². The smallest absolute Gasteiger partial charge is 0.329 e. The van der Waals surface area contributed by atoms with E-state index in [2.05, 4.69) is 175 Å². The van der Waals surface area contributed by atoms with E-state index in [1.54, 1.807) is 0 Å². The topological polar surface area (TPSA) is 3.24 Å². The van der Waals surface area contributed by atoms with Crippen LogP contribution in [0.2, 0.25) is 0 Å². The number of benzene rings is 8. The molecule has 2 aliphatic heterocycles. The molecular weight excluding hydrogens is 553 g/mol. The lowest BCUT2D eigenvalue weighted by molar-refractivity contribution is 1.35. The second-order valence-corrected chi connectivity index (χ2v) is 12.5. The van der Waals surface area contributed by atoms with Crippen molar-refractivity contribution < 1.29 is 0 Å². The molecule has 0 atom stereocenters. The van der Waals surface area contributed by atoms with E-state index in [1.807, 2.05) is 0 Å². The summed E-state index contributed by atoms with van der Waals surface area (Å²) >= 11 is 0. The zero-order chi connectivity index (χ0) is 30.2. The summed E-state index contributed by atoms with van der Waals surface area (Å²) < 4.78 is 0. The van der Waals surface area contributed by atoms with Crippen LogP contribution in [0.25, 0.3) is 66.1 Å². The van der Waals surface area contributed by atoms with Gasteiger partial charge in [-0.2, -0.15) is 0 Å². The predicted molar refractivity (Wildman–Crippen MR) is 197 cm³/mol. The van der Waals surface area contributed by atoms with E-state index < -0.39 is 0 Å². The van der Waals surface area contributed by atoms with Crippen LogP contribution in [-0.4, -0.2) is 6.85 Å². The number of fused-ring (bicyclic) bond motifs is 13. The molecule has 0 saturated heterocycles. The third kappa shape index (κ3) is 3.77. The zero-order valence-corrected chi connectivity index (χ0v) is 25.2. The standard InChI is InChI=1S/C44H28BN/c1-3-11-31-25-33(19-17-29(31)9-1)35-21-23-37-39-13-5-7-15-43(39)46-44-16-8-6-14-40(44)38-24-22-36(28-42(38)45(46)41(37)27-35)34-20-18-30-10-2-4-12-32(30)26-34/h1-28H. The zero-order valence-electron chi connectivity index (χ0n) is 25.2. The summed E-state index contributed by atoms with van der Waals surface area (Å²) in [5.74, 6) is 0. The molecule has 1 nitrogen and oxygen atoms in total. The van der Waals surface area contributed by atoms with Gasteiger partial charge in [-0.05, 0) is 90.1 Å². The van der Waals surface area contributed by atoms with Crippen LogP contribution in [0.5, 0.6) is 0 Å². The van der Waals surface area contributed by atoms with E-state index in [0.29, 0.717) is 0 Å². The van der Waals surface area contributed by atoms with Crippen LogP contribution >= 0.6 is 0 Å². The molecule has 0 bridgehead atoms. The minimum atomic E-state index is 0.0376. The van der Waals surface area contributed by atoms with Gasteiger partial charge in [-0.25, -0.2) is 0 Å². The second-order valence-electron chi connectivity index (χ2n) is 12.5. The van der Waals surface area contributed by atoms with Gasteiger partial charge in [0.2, 0.25) is 0 Å². The summed E-state index contributed by atoms with van der Waals surface area (Å²) in [6, 6.07) is 63.0. The van der Waals surface area contributed by atoms with Crippen LogP contribution in [0.4, 0.5) is 11.4 Å². The van der Waals surface area contributed by atoms with Gasteiger partial charge in [0.25, 0.3) is 0 Å². The largest absolute Gasteiger partial charge is 0.376 e. The number of rotatable bonds is 2. The fourth-order valence-electron chi connectivity index (χ4n) is 7.84. The first-order chi connectivity index (χ1) is 22.8. The molecule has 212 valence electrons. The Balaban J connectivity index is 1.23. The first kappa shape index (κ1) is 25.5. The summed E-state index contributed by atoms with van der Waals surface area (Å²) in [4.78, 5) is 2.59. The fourth-order valence-corrected chi connectivity index (χ4v) is 7.84. The Morgan fingerprint density at radius 2 is 0.696 bits per heavy atom. The van der Waals surface area contributed by atoms with E-state index in [1.165, 1.54) is 88.4 Å². The second kappa shape index (κ2) is 9.82. The monoisotopic (exact) mass is 581 g/mol. The van der Waals surface area contributed by atoms with Gasteiger partial charge < -0.3 is 4.81 Å². The van der Waals surface area contributed by atoms with Gasteiger partial charge in [-0.15, -0.1) is 0 Å². The van der Waals surface area contributed by atoms with Crippen molar-refractivity contribution in [2.45, 2.75) is 0 Å². The van der Waals surface area contributed by atoms with E-state index in [9.17, 15) is 0 Å². The third-order valence-corrected chi connectivity index (χ3v) is 10.0. The molecule has 0 unspecified atom stereocenters. The van der Waals surface area contributed by atoms with Gasteiger partial charge in [0.05, 0.1) is 0 Å². The lowest BCUT2D eigenvalue weighted by Crippen LogP contribution is -2.59. The van der Waals surface area contributed by atoms with Crippen LogP contribution in [0, 0.1) is 0 Å².